The lowest BCUT2D eigenvalue weighted by Crippen LogP contribution is -2.13. The van der Waals surface area contributed by atoms with Crippen LogP contribution in [-0.2, 0) is 0 Å². The molecule has 1 N–H and O–H groups in total. The highest BCUT2D eigenvalue weighted by Crippen LogP contribution is 2.30. The molecule has 1 heterocycles. The first-order chi connectivity index (χ1) is 6.88. The lowest BCUT2D eigenvalue weighted by molar-refractivity contribution is 0.134. The predicted octanol–water partition coefficient (Wildman–Crippen LogP) is 4.24. The van der Waals surface area contributed by atoms with Gasteiger partial charge >= 0.3 is 0 Å². The Morgan fingerprint density at radius 1 is 1.40 bits per heavy atom. The maximum Gasteiger partial charge on any atom is 0.0800 e. The molecule has 0 bridgehead atoms. The summed E-state index contributed by atoms with van der Waals surface area (Å²) in [5, 5.41) is 14.0. The van der Waals surface area contributed by atoms with Gasteiger partial charge in [-0.15, -0.1) is 0 Å². The van der Waals surface area contributed by atoms with Crippen LogP contribution in [0.5, 0.6) is 0 Å². The van der Waals surface area contributed by atoms with Gasteiger partial charge in [-0.1, -0.05) is 27.7 Å². The van der Waals surface area contributed by atoms with E-state index in [4.69, 9.17) is 0 Å². The molecule has 0 saturated carbocycles. The molecule has 0 aliphatic carbocycles. The lowest BCUT2D eigenvalue weighted by Gasteiger charge is -2.24. The molecule has 0 aromatic carbocycles. The van der Waals surface area contributed by atoms with Gasteiger partial charge in [0, 0.05) is 0 Å². The van der Waals surface area contributed by atoms with Crippen molar-refractivity contribution in [1.82, 2.24) is 0 Å². The molecule has 2 heteroatoms. The minimum Gasteiger partial charge on any atom is -0.388 e. The Kier molecular flexibility index (Phi) is 4.35. The van der Waals surface area contributed by atoms with Gasteiger partial charge < -0.3 is 5.11 Å². The summed E-state index contributed by atoms with van der Waals surface area (Å²) in [4.78, 5) is 0. The molecule has 15 heavy (non-hydrogen) atoms. The van der Waals surface area contributed by atoms with Crippen molar-refractivity contribution >= 4 is 11.3 Å². The molecular formula is C13H22OS. The molecule has 2 atom stereocenters. The van der Waals surface area contributed by atoms with Crippen molar-refractivity contribution < 1.29 is 5.11 Å². The zero-order valence-corrected chi connectivity index (χ0v) is 11.0. The fourth-order valence-electron chi connectivity index (χ4n) is 2.11. The van der Waals surface area contributed by atoms with Gasteiger partial charge in [0.15, 0.2) is 0 Å². The van der Waals surface area contributed by atoms with Crippen LogP contribution in [0.3, 0.4) is 0 Å². The fourth-order valence-corrected chi connectivity index (χ4v) is 2.82. The summed E-state index contributed by atoms with van der Waals surface area (Å²) >= 11 is 1.65. The minimum absolute atomic E-state index is 0.284. The van der Waals surface area contributed by atoms with Gasteiger partial charge in [-0.2, -0.15) is 11.3 Å². The monoisotopic (exact) mass is 226 g/mol. The number of thiophene rings is 1. The van der Waals surface area contributed by atoms with E-state index in [0.29, 0.717) is 11.3 Å². The van der Waals surface area contributed by atoms with E-state index in [2.05, 4.69) is 27.7 Å². The maximum atomic E-state index is 9.98. The van der Waals surface area contributed by atoms with E-state index >= 15 is 0 Å². The molecule has 1 rings (SSSR count). The van der Waals surface area contributed by atoms with Crippen molar-refractivity contribution in [2.75, 3.05) is 0 Å². The van der Waals surface area contributed by atoms with E-state index in [-0.39, 0.29) is 6.10 Å². The SMILES string of the molecule is CC(CC(O)c1ccsc1)CC(C)(C)C. The van der Waals surface area contributed by atoms with Crippen LogP contribution in [-0.4, -0.2) is 5.11 Å². The van der Waals surface area contributed by atoms with Gasteiger partial charge in [-0.3, -0.25) is 0 Å². The molecule has 0 saturated heterocycles. The number of aliphatic hydroxyl groups is 1. The number of rotatable bonds is 4. The normalized spacial score (nSPS) is 16.3. The summed E-state index contributed by atoms with van der Waals surface area (Å²) in [7, 11) is 0. The van der Waals surface area contributed by atoms with Crippen molar-refractivity contribution in [2.45, 2.75) is 46.6 Å². The first kappa shape index (κ1) is 12.7. The number of aliphatic hydroxyl groups excluding tert-OH is 1. The molecule has 1 aromatic heterocycles. The molecule has 0 amide bonds. The minimum atomic E-state index is -0.284. The zero-order chi connectivity index (χ0) is 11.5. The second kappa shape index (κ2) is 5.13. The summed E-state index contributed by atoms with van der Waals surface area (Å²) in [5.41, 5.74) is 1.43. The average Bonchev–Trinajstić information content (AvgIpc) is 2.50. The Bertz CT molecular complexity index is 271. The largest absolute Gasteiger partial charge is 0.388 e. The predicted molar refractivity (Wildman–Crippen MR) is 67.1 cm³/mol. The van der Waals surface area contributed by atoms with Crippen molar-refractivity contribution in [3.63, 3.8) is 0 Å². The molecule has 0 aliphatic rings. The third kappa shape index (κ3) is 4.80. The smallest absolute Gasteiger partial charge is 0.0800 e. The number of hydrogen-bond donors (Lipinski definition) is 1. The van der Waals surface area contributed by atoms with Crippen LogP contribution in [0.2, 0.25) is 0 Å². The van der Waals surface area contributed by atoms with Crippen LogP contribution in [0.4, 0.5) is 0 Å². The van der Waals surface area contributed by atoms with Gasteiger partial charge in [0.2, 0.25) is 0 Å². The van der Waals surface area contributed by atoms with Crippen LogP contribution >= 0.6 is 11.3 Å². The molecule has 2 unspecified atom stereocenters. The lowest BCUT2D eigenvalue weighted by atomic mass is 9.83. The van der Waals surface area contributed by atoms with Crippen LogP contribution in [0, 0.1) is 11.3 Å². The Morgan fingerprint density at radius 3 is 2.53 bits per heavy atom. The Labute approximate surface area is 97.2 Å². The van der Waals surface area contributed by atoms with E-state index in [9.17, 15) is 5.11 Å². The van der Waals surface area contributed by atoms with Gasteiger partial charge in [0.1, 0.15) is 0 Å². The summed E-state index contributed by atoms with van der Waals surface area (Å²) in [6.07, 6.45) is 1.75. The first-order valence-corrected chi connectivity index (χ1v) is 6.53. The highest BCUT2D eigenvalue weighted by atomic mass is 32.1. The van der Waals surface area contributed by atoms with Crippen molar-refractivity contribution in [2.24, 2.45) is 11.3 Å². The van der Waals surface area contributed by atoms with Gasteiger partial charge in [-0.25, -0.2) is 0 Å². The Balaban J connectivity index is 2.42. The van der Waals surface area contributed by atoms with Crippen molar-refractivity contribution in [3.05, 3.63) is 22.4 Å². The molecule has 0 aliphatic heterocycles. The topological polar surface area (TPSA) is 20.2 Å². The second-order valence-corrected chi connectivity index (χ2v) is 6.46. The molecule has 0 fully saturated rings. The van der Waals surface area contributed by atoms with Crippen LogP contribution < -0.4 is 0 Å². The third-order valence-corrected chi connectivity index (χ3v) is 3.22. The zero-order valence-electron chi connectivity index (χ0n) is 10.2. The summed E-state index contributed by atoms with van der Waals surface area (Å²) in [6, 6.07) is 2.01. The van der Waals surface area contributed by atoms with Gasteiger partial charge in [0.05, 0.1) is 6.10 Å². The molecule has 1 aromatic rings. The maximum absolute atomic E-state index is 9.98. The molecule has 1 nitrogen and oxygen atoms in total. The Hall–Kier alpha value is -0.340. The van der Waals surface area contributed by atoms with E-state index in [1.165, 1.54) is 0 Å². The first-order valence-electron chi connectivity index (χ1n) is 5.58. The summed E-state index contributed by atoms with van der Waals surface area (Å²) in [6.45, 7) is 8.97. The van der Waals surface area contributed by atoms with Gasteiger partial charge in [0.25, 0.3) is 0 Å². The van der Waals surface area contributed by atoms with Crippen LogP contribution in [0.25, 0.3) is 0 Å². The molecule has 0 radical (unpaired) electrons. The van der Waals surface area contributed by atoms with Crippen molar-refractivity contribution in [3.8, 4) is 0 Å². The van der Waals surface area contributed by atoms with E-state index < -0.39 is 0 Å². The van der Waals surface area contributed by atoms with Crippen molar-refractivity contribution in [1.29, 1.82) is 0 Å². The molecular weight excluding hydrogens is 204 g/mol. The standard InChI is InChI=1S/C13H22OS/c1-10(8-13(2,3)4)7-12(14)11-5-6-15-9-11/h5-6,9-10,12,14H,7-8H2,1-4H3. The summed E-state index contributed by atoms with van der Waals surface area (Å²) in [5.74, 6) is 0.569. The van der Waals surface area contributed by atoms with Crippen LogP contribution in [0.1, 0.15) is 52.2 Å². The molecule has 86 valence electrons. The highest BCUT2D eigenvalue weighted by Gasteiger charge is 2.18. The second-order valence-electron chi connectivity index (χ2n) is 5.68. The fraction of sp³-hybridized carbons (Fsp3) is 0.692. The van der Waals surface area contributed by atoms with E-state index in [1.807, 2.05) is 16.8 Å². The molecule has 0 spiro atoms. The average molecular weight is 226 g/mol. The highest BCUT2D eigenvalue weighted by molar-refractivity contribution is 7.07. The van der Waals surface area contributed by atoms with Gasteiger partial charge in [-0.05, 0) is 46.6 Å². The quantitative estimate of drug-likeness (QED) is 0.814. The van der Waals surface area contributed by atoms with Crippen LogP contribution in [0.15, 0.2) is 16.8 Å². The van der Waals surface area contributed by atoms with E-state index in [0.717, 1.165) is 18.4 Å². The number of hydrogen-bond acceptors (Lipinski definition) is 2. The Morgan fingerprint density at radius 2 is 2.07 bits per heavy atom. The van der Waals surface area contributed by atoms with E-state index in [1.54, 1.807) is 11.3 Å². The summed E-state index contributed by atoms with van der Waals surface area (Å²) < 4.78 is 0. The third-order valence-electron chi connectivity index (χ3n) is 2.51.